The van der Waals surface area contributed by atoms with Gasteiger partial charge in [0.15, 0.2) is 0 Å². The van der Waals surface area contributed by atoms with E-state index in [1.807, 2.05) is 11.8 Å². The average molecular weight is 277 g/mol. The zero-order chi connectivity index (χ0) is 13.7. The molecule has 19 heavy (non-hydrogen) atoms. The summed E-state index contributed by atoms with van der Waals surface area (Å²) in [5, 5.41) is 3.78. The first kappa shape index (κ1) is 14.9. The highest BCUT2D eigenvalue weighted by molar-refractivity contribution is 7.99. The minimum Gasteiger partial charge on any atom is -0.311 e. The van der Waals surface area contributed by atoms with Crippen molar-refractivity contribution in [2.75, 3.05) is 11.5 Å². The summed E-state index contributed by atoms with van der Waals surface area (Å²) in [4.78, 5) is 0. The molecule has 1 aromatic rings. The molecule has 0 aliphatic heterocycles. The van der Waals surface area contributed by atoms with E-state index in [0.717, 1.165) is 12.0 Å². The fourth-order valence-electron chi connectivity index (χ4n) is 2.94. The molecule has 2 heteroatoms. The van der Waals surface area contributed by atoms with Crippen molar-refractivity contribution >= 4 is 11.8 Å². The van der Waals surface area contributed by atoms with Crippen molar-refractivity contribution in [3.05, 3.63) is 35.4 Å². The van der Waals surface area contributed by atoms with E-state index in [-0.39, 0.29) is 0 Å². The molecule has 1 nitrogen and oxygen atoms in total. The van der Waals surface area contributed by atoms with E-state index in [0.29, 0.717) is 6.04 Å². The van der Waals surface area contributed by atoms with Crippen LogP contribution in [0.5, 0.6) is 0 Å². The molecule has 2 rings (SSSR count). The Morgan fingerprint density at radius 2 is 2.05 bits per heavy atom. The maximum atomic E-state index is 3.78. The zero-order valence-electron chi connectivity index (χ0n) is 12.5. The number of rotatable bonds is 7. The van der Waals surface area contributed by atoms with Gasteiger partial charge in [0.1, 0.15) is 0 Å². The third-order valence-electron chi connectivity index (χ3n) is 4.19. The molecular formula is C17H27NS. The van der Waals surface area contributed by atoms with Gasteiger partial charge in [-0.25, -0.2) is 0 Å². The van der Waals surface area contributed by atoms with Crippen LogP contribution < -0.4 is 5.32 Å². The predicted octanol–water partition coefficient (Wildman–Crippen LogP) is 4.36. The fraction of sp³-hybridized carbons (Fsp3) is 0.647. The van der Waals surface area contributed by atoms with E-state index in [1.54, 1.807) is 5.56 Å². The van der Waals surface area contributed by atoms with Crippen LogP contribution in [0.3, 0.4) is 0 Å². The Morgan fingerprint density at radius 3 is 2.74 bits per heavy atom. The van der Waals surface area contributed by atoms with Crippen molar-refractivity contribution in [1.29, 1.82) is 0 Å². The topological polar surface area (TPSA) is 12.0 Å². The van der Waals surface area contributed by atoms with E-state index in [4.69, 9.17) is 0 Å². The summed E-state index contributed by atoms with van der Waals surface area (Å²) in [7, 11) is 0. The highest BCUT2D eigenvalue weighted by Gasteiger charge is 2.31. The van der Waals surface area contributed by atoms with Crippen LogP contribution in [0.4, 0.5) is 0 Å². The standard InChI is InChI=1S/C17H27NS/c1-4-19-10-9-14(3)18-16-11-15(12-16)17-8-6-5-7-13(17)2/h5-8,14-16,18H,4,9-12H2,1-3H3. The molecule has 0 heterocycles. The van der Waals surface area contributed by atoms with E-state index in [1.165, 1.54) is 36.3 Å². The maximum absolute atomic E-state index is 3.78. The lowest BCUT2D eigenvalue weighted by Crippen LogP contribution is -2.44. The van der Waals surface area contributed by atoms with Gasteiger partial charge in [0, 0.05) is 12.1 Å². The Kier molecular flexibility index (Phi) is 5.77. The lowest BCUT2D eigenvalue weighted by molar-refractivity contribution is 0.267. The molecule has 1 aliphatic rings. The van der Waals surface area contributed by atoms with Crippen molar-refractivity contribution < 1.29 is 0 Å². The fourth-order valence-corrected chi connectivity index (χ4v) is 3.75. The van der Waals surface area contributed by atoms with Gasteiger partial charge in [0.2, 0.25) is 0 Å². The molecule has 1 aliphatic carbocycles. The van der Waals surface area contributed by atoms with Crippen molar-refractivity contribution in [2.45, 2.75) is 58.0 Å². The number of hydrogen-bond donors (Lipinski definition) is 1. The molecule has 0 bridgehead atoms. The molecule has 0 radical (unpaired) electrons. The first-order valence-corrected chi connectivity index (χ1v) is 8.75. The van der Waals surface area contributed by atoms with Crippen LogP contribution in [0.1, 0.15) is 50.2 Å². The van der Waals surface area contributed by atoms with Crippen molar-refractivity contribution in [2.24, 2.45) is 0 Å². The average Bonchev–Trinajstić information content (AvgIpc) is 2.35. The van der Waals surface area contributed by atoms with Gasteiger partial charge in [-0.3, -0.25) is 0 Å². The molecule has 1 N–H and O–H groups in total. The minimum absolute atomic E-state index is 0.668. The molecule has 0 spiro atoms. The van der Waals surface area contributed by atoms with Gasteiger partial charge in [-0.05, 0) is 61.7 Å². The third-order valence-corrected chi connectivity index (χ3v) is 5.12. The Labute approximate surface area is 122 Å². The number of thioether (sulfide) groups is 1. The molecule has 1 unspecified atom stereocenters. The smallest absolute Gasteiger partial charge is 0.00812 e. The molecule has 1 fully saturated rings. The molecule has 1 aromatic carbocycles. The summed E-state index contributed by atoms with van der Waals surface area (Å²) in [6.07, 6.45) is 3.93. The predicted molar refractivity (Wildman–Crippen MR) is 87.2 cm³/mol. The summed E-state index contributed by atoms with van der Waals surface area (Å²) >= 11 is 2.05. The first-order chi connectivity index (χ1) is 9.20. The van der Waals surface area contributed by atoms with E-state index >= 15 is 0 Å². The van der Waals surface area contributed by atoms with Crippen molar-refractivity contribution in [1.82, 2.24) is 5.32 Å². The monoisotopic (exact) mass is 277 g/mol. The second-order valence-electron chi connectivity index (χ2n) is 5.78. The SMILES string of the molecule is CCSCCC(C)NC1CC(c2ccccc2C)C1. The Hall–Kier alpha value is -0.470. The van der Waals surface area contributed by atoms with Crippen molar-refractivity contribution in [3.63, 3.8) is 0 Å². The molecule has 1 saturated carbocycles. The molecule has 0 aromatic heterocycles. The van der Waals surface area contributed by atoms with Crippen LogP contribution in [-0.2, 0) is 0 Å². The van der Waals surface area contributed by atoms with Gasteiger partial charge >= 0.3 is 0 Å². The summed E-state index contributed by atoms with van der Waals surface area (Å²) < 4.78 is 0. The number of nitrogens with one attached hydrogen (secondary N) is 1. The van der Waals surface area contributed by atoms with Gasteiger partial charge in [-0.15, -0.1) is 0 Å². The lowest BCUT2D eigenvalue weighted by atomic mass is 9.74. The number of hydrogen-bond acceptors (Lipinski definition) is 2. The highest BCUT2D eigenvalue weighted by atomic mass is 32.2. The number of benzene rings is 1. The van der Waals surface area contributed by atoms with Gasteiger partial charge in [-0.1, -0.05) is 31.2 Å². The largest absolute Gasteiger partial charge is 0.311 e. The van der Waals surface area contributed by atoms with Gasteiger partial charge < -0.3 is 5.32 Å². The Balaban J connectivity index is 1.70. The van der Waals surface area contributed by atoms with Crippen LogP contribution in [-0.4, -0.2) is 23.6 Å². The molecule has 0 saturated heterocycles. The lowest BCUT2D eigenvalue weighted by Gasteiger charge is -2.39. The number of aryl methyl sites for hydroxylation is 1. The van der Waals surface area contributed by atoms with Crippen LogP contribution in [0.15, 0.2) is 24.3 Å². The first-order valence-electron chi connectivity index (χ1n) is 7.60. The summed E-state index contributed by atoms with van der Waals surface area (Å²) in [5.41, 5.74) is 3.02. The second kappa shape index (κ2) is 7.35. The van der Waals surface area contributed by atoms with Gasteiger partial charge in [0.05, 0.1) is 0 Å². The van der Waals surface area contributed by atoms with Gasteiger partial charge in [0.25, 0.3) is 0 Å². The second-order valence-corrected chi connectivity index (χ2v) is 7.17. The van der Waals surface area contributed by atoms with E-state index in [9.17, 15) is 0 Å². The Bertz CT molecular complexity index is 385. The van der Waals surface area contributed by atoms with Crippen LogP contribution in [0.2, 0.25) is 0 Å². The van der Waals surface area contributed by atoms with Crippen molar-refractivity contribution in [3.8, 4) is 0 Å². The van der Waals surface area contributed by atoms with E-state index < -0.39 is 0 Å². The summed E-state index contributed by atoms with van der Waals surface area (Å²) in [5.74, 6) is 3.32. The highest BCUT2D eigenvalue weighted by Crippen LogP contribution is 2.38. The Morgan fingerprint density at radius 1 is 1.32 bits per heavy atom. The van der Waals surface area contributed by atoms with Crippen LogP contribution in [0.25, 0.3) is 0 Å². The third kappa shape index (κ3) is 4.25. The van der Waals surface area contributed by atoms with Crippen LogP contribution in [0, 0.1) is 6.92 Å². The molecule has 106 valence electrons. The minimum atomic E-state index is 0.668. The summed E-state index contributed by atoms with van der Waals surface area (Å²) in [6.45, 7) is 6.81. The normalized spacial score (nSPS) is 23.9. The van der Waals surface area contributed by atoms with Gasteiger partial charge in [-0.2, -0.15) is 11.8 Å². The zero-order valence-corrected chi connectivity index (χ0v) is 13.3. The molecule has 1 atom stereocenters. The van der Waals surface area contributed by atoms with Crippen LogP contribution >= 0.6 is 11.8 Å². The molecular weight excluding hydrogens is 250 g/mol. The van der Waals surface area contributed by atoms with E-state index in [2.05, 4.69) is 50.4 Å². The quantitative estimate of drug-likeness (QED) is 0.743. The maximum Gasteiger partial charge on any atom is 0.00812 e. The molecule has 0 amide bonds. The summed E-state index contributed by atoms with van der Waals surface area (Å²) in [6, 6.07) is 10.3.